The van der Waals surface area contributed by atoms with Gasteiger partial charge in [0.05, 0.1) is 5.92 Å². The molecule has 24 heavy (non-hydrogen) atoms. The van der Waals surface area contributed by atoms with E-state index in [1.807, 2.05) is 42.5 Å². The molecule has 1 saturated heterocycles. The molecule has 1 amide bonds. The summed E-state index contributed by atoms with van der Waals surface area (Å²) in [5.41, 5.74) is 0. The third-order valence-corrected chi connectivity index (χ3v) is 4.48. The molecule has 1 N–H and O–H groups in total. The van der Waals surface area contributed by atoms with Crippen molar-refractivity contribution in [2.24, 2.45) is 5.92 Å². The molecule has 3 rings (SSSR count). The van der Waals surface area contributed by atoms with Crippen molar-refractivity contribution >= 4 is 22.6 Å². The predicted molar refractivity (Wildman–Crippen MR) is 91.0 cm³/mol. The fraction of sp³-hybridized carbons (Fsp3) is 0.368. The van der Waals surface area contributed by atoms with E-state index in [1.165, 1.54) is 0 Å². The Morgan fingerprint density at radius 1 is 1.21 bits per heavy atom. The number of carboxylic acids is 1. The summed E-state index contributed by atoms with van der Waals surface area (Å²) >= 11 is 0. The number of carbonyl (C=O) groups is 2. The predicted octanol–water partition coefficient (Wildman–Crippen LogP) is 2.93. The first-order chi connectivity index (χ1) is 11.6. The molecule has 2 aromatic carbocycles. The van der Waals surface area contributed by atoms with Gasteiger partial charge in [0.25, 0.3) is 5.91 Å². The van der Waals surface area contributed by atoms with Gasteiger partial charge in [-0.25, -0.2) is 0 Å². The Morgan fingerprint density at radius 3 is 2.75 bits per heavy atom. The van der Waals surface area contributed by atoms with Gasteiger partial charge in [-0.2, -0.15) is 0 Å². The molecule has 2 atom stereocenters. The number of fused-ring (bicyclic) bond motifs is 1. The molecular weight excluding hydrogens is 306 g/mol. The minimum Gasteiger partial charge on any atom is -0.481 e. The van der Waals surface area contributed by atoms with Crippen molar-refractivity contribution in [2.75, 3.05) is 13.1 Å². The Labute approximate surface area is 140 Å². The van der Waals surface area contributed by atoms with Gasteiger partial charge in [0, 0.05) is 18.5 Å². The molecule has 126 valence electrons. The van der Waals surface area contributed by atoms with Crippen molar-refractivity contribution in [3.63, 3.8) is 0 Å². The van der Waals surface area contributed by atoms with E-state index in [0.29, 0.717) is 25.1 Å². The summed E-state index contributed by atoms with van der Waals surface area (Å²) in [5, 5.41) is 11.2. The minimum atomic E-state index is -0.838. The van der Waals surface area contributed by atoms with Crippen molar-refractivity contribution in [3.8, 4) is 5.75 Å². The quantitative estimate of drug-likeness (QED) is 0.937. The summed E-state index contributed by atoms with van der Waals surface area (Å²) in [4.78, 5) is 25.4. The van der Waals surface area contributed by atoms with Crippen molar-refractivity contribution < 1.29 is 19.4 Å². The zero-order chi connectivity index (χ0) is 17.1. The van der Waals surface area contributed by atoms with Gasteiger partial charge in [0.2, 0.25) is 0 Å². The molecule has 1 aliphatic rings. The third kappa shape index (κ3) is 3.35. The molecule has 0 radical (unpaired) electrons. The van der Waals surface area contributed by atoms with Crippen LogP contribution in [0.2, 0.25) is 0 Å². The van der Waals surface area contributed by atoms with E-state index in [9.17, 15) is 9.59 Å². The molecule has 1 fully saturated rings. The lowest BCUT2D eigenvalue weighted by atomic mass is 9.98. The van der Waals surface area contributed by atoms with Crippen molar-refractivity contribution in [1.82, 2.24) is 4.90 Å². The maximum Gasteiger partial charge on any atom is 0.308 e. The summed E-state index contributed by atoms with van der Waals surface area (Å²) in [5.74, 6) is -0.808. The highest BCUT2D eigenvalue weighted by Crippen LogP contribution is 2.26. The normalized spacial score (nSPS) is 19.0. The Bertz CT molecular complexity index is 753. The molecule has 5 nitrogen and oxygen atoms in total. The zero-order valence-electron chi connectivity index (χ0n) is 13.6. The highest BCUT2D eigenvalue weighted by atomic mass is 16.5. The topological polar surface area (TPSA) is 66.8 Å². The van der Waals surface area contributed by atoms with E-state index in [1.54, 1.807) is 11.8 Å². The highest BCUT2D eigenvalue weighted by molar-refractivity contribution is 5.89. The number of piperidine rings is 1. The van der Waals surface area contributed by atoms with E-state index in [2.05, 4.69) is 0 Å². The maximum atomic E-state index is 12.6. The Balaban J connectivity index is 1.73. The second-order valence-electron chi connectivity index (χ2n) is 6.20. The molecule has 0 saturated carbocycles. The molecule has 2 aromatic rings. The van der Waals surface area contributed by atoms with Gasteiger partial charge in [0.1, 0.15) is 5.75 Å². The Kier molecular flexibility index (Phi) is 4.69. The molecular formula is C19H21NO4. The van der Waals surface area contributed by atoms with Crippen LogP contribution in [-0.4, -0.2) is 41.1 Å². The number of rotatable bonds is 4. The molecule has 2 unspecified atom stereocenters. The Hall–Kier alpha value is -2.56. The lowest BCUT2D eigenvalue weighted by Crippen LogP contribution is -2.47. The molecule has 0 spiro atoms. The fourth-order valence-corrected chi connectivity index (χ4v) is 3.18. The first kappa shape index (κ1) is 16.3. The van der Waals surface area contributed by atoms with Crippen LogP contribution in [0.1, 0.15) is 19.8 Å². The van der Waals surface area contributed by atoms with E-state index in [-0.39, 0.29) is 12.5 Å². The highest BCUT2D eigenvalue weighted by Gasteiger charge is 2.31. The van der Waals surface area contributed by atoms with Crippen molar-refractivity contribution in [1.29, 1.82) is 0 Å². The van der Waals surface area contributed by atoms with Crippen LogP contribution in [-0.2, 0) is 9.59 Å². The number of aliphatic carboxylic acids is 1. The third-order valence-electron chi connectivity index (χ3n) is 4.48. The lowest BCUT2D eigenvalue weighted by molar-refractivity contribution is -0.147. The zero-order valence-corrected chi connectivity index (χ0v) is 13.6. The van der Waals surface area contributed by atoms with Crippen LogP contribution in [0.5, 0.6) is 5.75 Å². The van der Waals surface area contributed by atoms with Gasteiger partial charge in [-0.15, -0.1) is 0 Å². The van der Waals surface area contributed by atoms with E-state index in [0.717, 1.165) is 10.8 Å². The van der Waals surface area contributed by atoms with E-state index in [4.69, 9.17) is 9.84 Å². The standard InChI is InChI=1S/C19H21NO4/c1-13(18(21)20-11-5-8-15(12-20)19(22)23)24-17-10-4-7-14-6-2-3-9-16(14)17/h2-4,6-7,9-10,13,15H,5,8,11-12H2,1H3,(H,22,23). The second-order valence-corrected chi connectivity index (χ2v) is 6.20. The molecule has 0 aromatic heterocycles. The molecule has 5 heteroatoms. The Morgan fingerprint density at radius 2 is 1.96 bits per heavy atom. The fourth-order valence-electron chi connectivity index (χ4n) is 3.18. The second kappa shape index (κ2) is 6.91. The van der Waals surface area contributed by atoms with Crippen molar-refractivity contribution in [2.45, 2.75) is 25.9 Å². The number of amides is 1. The molecule has 1 aliphatic heterocycles. The van der Waals surface area contributed by atoms with Gasteiger partial charge in [-0.05, 0) is 31.2 Å². The van der Waals surface area contributed by atoms with Gasteiger partial charge < -0.3 is 14.7 Å². The SMILES string of the molecule is CC(Oc1cccc2ccccc12)C(=O)N1CCCC(C(=O)O)C1. The summed E-state index contributed by atoms with van der Waals surface area (Å²) in [6, 6.07) is 13.6. The minimum absolute atomic E-state index is 0.158. The van der Waals surface area contributed by atoms with Crippen LogP contribution in [0.25, 0.3) is 10.8 Å². The first-order valence-electron chi connectivity index (χ1n) is 8.22. The van der Waals surface area contributed by atoms with Crippen LogP contribution in [0.4, 0.5) is 0 Å². The number of carbonyl (C=O) groups excluding carboxylic acids is 1. The number of ether oxygens (including phenoxy) is 1. The average molecular weight is 327 g/mol. The largest absolute Gasteiger partial charge is 0.481 e. The summed E-state index contributed by atoms with van der Waals surface area (Å²) in [6.07, 6.45) is 0.685. The van der Waals surface area contributed by atoms with E-state index >= 15 is 0 Å². The maximum absolute atomic E-state index is 12.6. The lowest BCUT2D eigenvalue weighted by Gasteiger charge is -2.32. The number of likely N-dealkylation sites (tertiary alicyclic amines) is 1. The average Bonchev–Trinajstić information content (AvgIpc) is 2.61. The van der Waals surface area contributed by atoms with Gasteiger partial charge in [-0.3, -0.25) is 9.59 Å². The van der Waals surface area contributed by atoms with Crippen LogP contribution in [0.3, 0.4) is 0 Å². The smallest absolute Gasteiger partial charge is 0.308 e. The van der Waals surface area contributed by atoms with Gasteiger partial charge in [-0.1, -0.05) is 36.4 Å². The monoisotopic (exact) mass is 327 g/mol. The summed E-state index contributed by atoms with van der Waals surface area (Å²) < 4.78 is 5.90. The molecule has 1 heterocycles. The molecule has 0 bridgehead atoms. The number of benzene rings is 2. The van der Waals surface area contributed by atoms with Crippen LogP contribution in [0.15, 0.2) is 42.5 Å². The summed E-state index contributed by atoms with van der Waals surface area (Å²) in [6.45, 7) is 2.57. The number of nitrogens with zero attached hydrogens (tertiary/aromatic N) is 1. The van der Waals surface area contributed by atoms with Crippen LogP contribution >= 0.6 is 0 Å². The van der Waals surface area contributed by atoms with Crippen molar-refractivity contribution in [3.05, 3.63) is 42.5 Å². The van der Waals surface area contributed by atoms with Gasteiger partial charge in [0.15, 0.2) is 6.10 Å². The number of carboxylic acid groups (broad SMARTS) is 1. The number of hydrogen-bond donors (Lipinski definition) is 1. The first-order valence-corrected chi connectivity index (χ1v) is 8.22. The number of hydrogen-bond acceptors (Lipinski definition) is 3. The molecule has 0 aliphatic carbocycles. The van der Waals surface area contributed by atoms with Crippen LogP contribution < -0.4 is 4.74 Å². The van der Waals surface area contributed by atoms with Gasteiger partial charge >= 0.3 is 5.97 Å². The summed E-state index contributed by atoms with van der Waals surface area (Å²) in [7, 11) is 0. The van der Waals surface area contributed by atoms with Crippen LogP contribution in [0, 0.1) is 5.92 Å². The van der Waals surface area contributed by atoms with E-state index < -0.39 is 18.0 Å².